The summed E-state index contributed by atoms with van der Waals surface area (Å²) in [6, 6.07) is 6.26. The Morgan fingerprint density at radius 1 is 1.11 bits per heavy atom. The average Bonchev–Trinajstić information content (AvgIpc) is 2.63. The van der Waals surface area contributed by atoms with E-state index in [1.54, 1.807) is 0 Å². The Labute approximate surface area is 161 Å². The van der Waals surface area contributed by atoms with E-state index in [0.29, 0.717) is 13.2 Å². The van der Waals surface area contributed by atoms with Crippen molar-refractivity contribution in [2.45, 2.75) is 27.2 Å². The lowest BCUT2D eigenvalue weighted by Gasteiger charge is -2.17. The van der Waals surface area contributed by atoms with Gasteiger partial charge in [-0.1, -0.05) is 37.6 Å². The number of benzene rings is 1. The summed E-state index contributed by atoms with van der Waals surface area (Å²) < 4.78 is 11.4. The molecule has 7 heteroatoms. The molecule has 7 nitrogen and oxygen atoms in total. The Kier molecular flexibility index (Phi) is 13.5. The molecule has 0 spiro atoms. The molecule has 1 aromatic carbocycles. The second kappa shape index (κ2) is 14.8. The maximum atomic E-state index is 9.10. The third-order valence-electron chi connectivity index (χ3n) is 3.69. The molecule has 2 N–H and O–H groups in total. The van der Waals surface area contributed by atoms with Gasteiger partial charge in [-0.05, 0) is 38.1 Å². The van der Waals surface area contributed by atoms with E-state index < -0.39 is 11.9 Å². The quantitative estimate of drug-likeness (QED) is 0.345. The smallest absolute Gasteiger partial charge is 0.414 e. The van der Waals surface area contributed by atoms with Crippen LogP contribution in [0.1, 0.15) is 25.0 Å². The van der Waals surface area contributed by atoms with Gasteiger partial charge in [-0.25, -0.2) is 9.59 Å². The molecule has 0 heterocycles. The van der Waals surface area contributed by atoms with Gasteiger partial charge in [0.25, 0.3) is 0 Å². The molecule has 27 heavy (non-hydrogen) atoms. The van der Waals surface area contributed by atoms with Gasteiger partial charge in [0.1, 0.15) is 12.4 Å². The van der Waals surface area contributed by atoms with Gasteiger partial charge >= 0.3 is 11.9 Å². The third kappa shape index (κ3) is 11.8. The van der Waals surface area contributed by atoms with Gasteiger partial charge in [-0.15, -0.1) is 6.58 Å². The van der Waals surface area contributed by atoms with Crippen molar-refractivity contribution in [2.24, 2.45) is 0 Å². The van der Waals surface area contributed by atoms with Crippen molar-refractivity contribution in [3.8, 4) is 5.75 Å². The van der Waals surface area contributed by atoms with Crippen LogP contribution >= 0.6 is 0 Å². The SMILES string of the molecule is C=CCc1cc(C)ccc1OCCOCCN(CC)CC.O=C(O)C(=O)O. The summed E-state index contributed by atoms with van der Waals surface area (Å²) in [5, 5.41) is 14.8. The maximum absolute atomic E-state index is 9.10. The van der Waals surface area contributed by atoms with Crippen molar-refractivity contribution >= 4 is 11.9 Å². The van der Waals surface area contributed by atoms with Gasteiger partial charge in [0.15, 0.2) is 0 Å². The molecule has 1 aromatic rings. The number of hydrogen-bond donors (Lipinski definition) is 2. The van der Waals surface area contributed by atoms with E-state index in [1.165, 1.54) is 11.1 Å². The van der Waals surface area contributed by atoms with Crippen LogP contribution in [-0.2, 0) is 20.7 Å². The fourth-order valence-electron chi connectivity index (χ4n) is 2.21. The van der Waals surface area contributed by atoms with Gasteiger partial charge < -0.3 is 24.6 Å². The Hall–Kier alpha value is -2.38. The van der Waals surface area contributed by atoms with Crippen molar-refractivity contribution in [3.63, 3.8) is 0 Å². The minimum atomic E-state index is -1.82. The minimum Gasteiger partial charge on any atom is -0.491 e. The van der Waals surface area contributed by atoms with Crippen LogP contribution in [0.15, 0.2) is 30.9 Å². The predicted molar refractivity (Wildman–Crippen MR) is 104 cm³/mol. The lowest BCUT2D eigenvalue weighted by Crippen LogP contribution is -2.27. The van der Waals surface area contributed by atoms with Crippen LogP contribution in [0.2, 0.25) is 0 Å². The molecule has 0 unspecified atom stereocenters. The molecule has 0 aromatic heterocycles. The first kappa shape index (κ1) is 24.6. The number of carboxylic acid groups (broad SMARTS) is 2. The lowest BCUT2D eigenvalue weighted by atomic mass is 10.1. The van der Waals surface area contributed by atoms with E-state index >= 15 is 0 Å². The first-order chi connectivity index (χ1) is 12.8. The van der Waals surface area contributed by atoms with Crippen LogP contribution in [0.25, 0.3) is 0 Å². The molecule has 0 saturated carbocycles. The summed E-state index contributed by atoms with van der Waals surface area (Å²) in [6.07, 6.45) is 2.74. The van der Waals surface area contributed by atoms with Gasteiger partial charge in [0.05, 0.1) is 13.2 Å². The molecular weight excluding hydrogens is 350 g/mol. The predicted octanol–water partition coefficient (Wildman–Crippen LogP) is 2.62. The largest absolute Gasteiger partial charge is 0.491 e. The van der Waals surface area contributed by atoms with Crippen molar-refractivity contribution < 1.29 is 29.3 Å². The number of ether oxygens (including phenoxy) is 2. The van der Waals surface area contributed by atoms with Crippen molar-refractivity contribution in [1.82, 2.24) is 4.90 Å². The zero-order valence-corrected chi connectivity index (χ0v) is 16.4. The monoisotopic (exact) mass is 381 g/mol. The second-order valence-electron chi connectivity index (χ2n) is 5.70. The zero-order chi connectivity index (χ0) is 20.7. The first-order valence-corrected chi connectivity index (χ1v) is 8.95. The summed E-state index contributed by atoms with van der Waals surface area (Å²) in [5.74, 6) is -2.71. The summed E-state index contributed by atoms with van der Waals surface area (Å²) in [7, 11) is 0. The van der Waals surface area contributed by atoms with Crippen molar-refractivity contribution in [2.75, 3.05) is 39.5 Å². The Morgan fingerprint density at radius 3 is 2.26 bits per heavy atom. The van der Waals surface area contributed by atoms with Crippen molar-refractivity contribution in [1.29, 1.82) is 0 Å². The van der Waals surface area contributed by atoms with E-state index in [4.69, 9.17) is 29.3 Å². The van der Waals surface area contributed by atoms with Crippen LogP contribution in [0.4, 0.5) is 0 Å². The highest BCUT2D eigenvalue weighted by Crippen LogP contribution is 2.20. The minimum absolute atomic E-state index is 0.589. The molecule has 1 rings (SSSR count). The van der Waals surface area contributed by atoms with E-state index in [-0.39, 0.29) is 0 Å². The molecule has 0 amide bonds. The molecular formula is C20H31NO6. The normalized spacial score (nSPS) is 10.1. The van der Waals surface area contributed by atoms with Gasteiger partial charge in [-0.2, -0.15) is 0 Å². The van der Waals surface area contributed by atoms with Crippen LogP contribution in [0.3, 0.4) is 0 Å². The number of nitrogens with zero attached hydrogens (tertiary/aromatic N) is 1. The fourth-order valence-corrected chi connectivity index (χ4v) is 2.21. The highest BCUT2D eigenvalue weighted by molar-refractivity contribution is 6.27. The highest BCUT2D eigenvalue weighted by atomic mass is 16.5. The molecule has 152 valence electrons. The molecule has 0 aliphatic heterocycles. The topological polar surface area (TPSA) is 96.3 Å². The van der Waals surface area contributed by atoms with E-state index in [2.05, 4.69) is 44.4 Å². The number of hydrogen-bond acceptors (Lipinski definition) is 5. The van der Waals surface area contributed by atoms with Crippen LogP contribution in [-0.4, -0.2) is 66.5 Å². The number of rotatable bonds is 11. The number of aryl methyl sites for hydroxylation is 1. The molecule has 0 aliphatic carbocycles. The number of carbonyl (C=O) groups is 2. The Balaban J connectivity index is 0.000000972. The van der Waals surface area contributed by atoms with Crippen LogP contribution in [0.5, 0.6) is 5.75 Å². The van der Waals surface area contributed by atoms with Gasteiger partial charge in [0.2, 0.25) is 0 Å². The first-order valence-electron chi connectivity index (χ1n) is 8.95. The molecule has 0 atom stereocenters. The number of aliphatic carboxylic acids is 2. The van der Waals surface area contributed by atoms with Crippen LogP contribution < -0.4 is 4.74 Å². The average molecular weight is 381 g/mol. The molecule has 0 fully saturated rings. The van der Waals surface area contributed by atoms with E-state index in [9.17, 15) is 0 Å². The van der Waals surface area contributed by atoms with E-state index in [1.807, 2.05) is 12.1 Å². The zero-order valence-electron chi connectivity index (χ0n) is 16.4. The molecule has 0 radical (unpaired) electrons. The van der Waals surface area contributed by atoms with Crippen LogP contribution in [0, 0.1) is 6.92 Å². The summed E-state index contributed by atoms with van der Waals surface area (Å²) in [5.41, 5.74) is 2.43. The Bertz CT molecular complexity index is 572. The number of allylic oxidation sites excluding steroid dienone is 1. The molecule has 0 saturated heterocycles. The summed E-state index contributed by atoms with van der Waals surface area (Å²) in [6.45, 7) is 15.3. The second-order valence-corrected chi connectivity index (χ2v) is 5.70. The molecule has 0 bridgehead atoms. The molecule has 0 aliphatic rings. The fraction of sp³-hybridized carbons (Fsp3) is 0.500. The standard InChI is InChI=1S/C18H29NO2.C2H2O4/c1-5-8-17-15-16(4)9-10-18(17)21-14-13-20-12-11-19(6-2)7-3;3-1(4)2(5)6/h5,9-10,15H,1,6-8,11-14H2,2-4H3;(H,3,4)(H,5,6). The summed E-state index contributed by atoms with van der Waals surface area (Å²) in [4.78, 5) is 20.5. The third-order valence-corrected chi connectivity index (χ3v) is 3.69. The maximum Gasteiger partial charge on any atom is 0.414 e. The number of carboxylic acids is 2. The number of likely N-dealkylation sites (N-methyl/N-ethyl adjacent to an activating group) is 1. The summed E-state index contributed by atoms with van der Waals surface area (Å²) >= 11 is 0. The van der Waals surface area contributed by atoms with Gasteiger partial charge in [0, 0.05) is 6.54 Å². The highest BCUT2D eigenvalue weighted by Gasteiger charge is 2.04. The lowest BCUT2D eigenvalue weighted by molar-refractivity contribution is -0.159. The van der Waals surface area contributed by atoms with Gasteiger partial charge in [-0.3, -0.25) is 0 Å². The van der Waals surface area contributed by atoms with Crippen molar-refractivity contribution in [3.05, 3.63) is 42.0 Å². The van der Waals surface area contributed by atoms with E-state index in [0.717, 1.165) is 38.4 Å². The Morgan fingerprint density at radius 2 is 1.74 bits per heavy atom.